The summed E-state index contributed by atoms with van der Waals surface area (Å²) in [6.07, 6.45) is 0. The molecule has 23 heavy (non-hydrogen) atoms. The maximum atomic E-state index is 11.6. The van der Waals surface area contributed by atoms with Crippen molar-refractivity contribution in [1.82, 2.24) is 4.98 Å². The molecule has 2 fully saturated rings. The summed E-state index contributed by atoms with van der Waals surface area (Å²) in [7, 11) is 1.46. The zero-order valence-electron chi connectivity index (χ0n) is 14.0. The summed E-state index contributed by atoms with van der Waals surface area (Å²) >= 11 is 0. The number of oxazole rings is 1. The molecule has 2 aliphatic rings. The summed E-state index contributed by atoms with van der Waals surface area (Å²) in [6, 6.07) is 6.88. The van der Waals surface area contributed by atoms with Crippen molar-refractivity contribution >= 4 is 23.1 Å². The Labute approximate surface area is 135 Å². The van der Waals surface area contributed by atoms with Crippen LogP contribution in [0, 0.1) is 17.8 Å². The van der Waals surface area contributed by atoms with Crippen LogP contribution in [0.25, 0.3) is 11.1 Å². The zero-order chi connectivity index (χ0) is 16.4. The van der Waals surface area contributed by atoms with E-state index >= 15 is 0 Å². The van der Waals surface area contributed by atoms with Crippen LogP contribution in [0.4, 0.5) is 6.01 Å². The number of fused-ring (bicyclic) bond motifs is 2. The second kappa shape index (κ2) is 4.73. The first-order valence-electron chi connectivity index (χ1n) is 8.12. The minimum atomic E-state index is -0.0768. The normalized spacial score (nSPS) is 26.4. The lowest BCUT2D eigenvalue weighted by atomic mass is 9.87. The number of ether oxygens (including phenoxy) is 1. The largest absolute Gasteiger partial charge is 0.469 e. The monoisotopic (exact) mass is 314 g/mol. The van der Waals surface area contributed by atoms with Gasteiger partial charge in [0, 0.05) is 13.1 Å². The van der Waals surface area contributed by atoms with Gasteiger partial charge in [-0.15, -0.1) is 0 Å². The van der Waals surface area contributed by atoms with E-state index in [0.29, 0.717) is 17.9 Å². The number of esters is 1. The third-order valence-electron chi connectivity index (χ3n) is 5.18. The molecule has 3 atom stereocenters. The van der Waals surface area contributed by atoms with E-state index in [2.05, 4.69) is 42.8 Å². The number of methoxy groups -OCH3 is 1. The molecule has 1 aromatic carbocycles. The first kappa shape index (κ1) is 14.5. The standard InChI is InChI=1S/C18H22N2O3/c1-18(2,3)10-5-6-14-13(7-10)19-17(23-14)20-8-11-12(9-20)15(11)16(21)22-4/h5-7,11-12,15H,8-9H2,1-4H3/t11-,12+,15?. The van der Waals surface area contributed by atoms with Gasteiger partial charge in [0.2, 0.25) is 0 Å². The Morgan fingerprint density at radius 3 is 2.61 bits per heavy atom. The topological polar surface area (TPSA) is 55.6 Å². The third-order valence-corrected chi connectivity index (χ3v) is 5.18. The number of benzene rings is 1. The predicted octanol–water partition coefficient (Wildman–Crippen LogP) is 2.98. The second-order valence-electron chi connectivity index (χ2n) is 7.71. The van der Waals surface area contributed by atoms with Gasteiger partial charge in [-0.3, -0.25) is 4.79 Å². The van der Waals surface area contributed by atoms with E-state index in [0.717, 1.165) is 24.2 Å². The Hall–Kier alpha value is -2.04. The van der Waals surface area contributed by atoms with Crippen molar-refractivity contribution in [3.05, 3.63) is 23.8 Å². The van der Waals surface area contributed by atoms with Gasteiger partial charge >= 0.3 is 5.97 Å². The minimum Gasteiger partial charge on any atom is -0.469 e. The van der Waals surface area contributed by atoms with E-state index in [9.17, 15) is 4.79 Å². The molecule has 5 heteroatoms. The van der Waals surface area contributed by atoms with E-state index in [1.807, 2.05) is 6.07 Å². The van der Waals surface area contributed by atoms with Crippen molar-refractivity contribution in [3.63, 3.8) is 0 Å². The fourth-order valence-corrected chi connectivity index (χ4v) is 3.69. The van der Waals surface area contributed by atoms with Crippen LogP contribution >= 0.6 is 0 Å². The number of hydrogen-bond donors (Lipinski definition) is 0. The SMILES string of the molecule is COC(=O)C1[C@H]2CN(c3nc4cc(C(C)(C)C)ccc4o3)C[C@@H]12. The highest BCUT2D eigenvalue weighted by atomic mass is 16.5. The number of piperidine rings is 1. The van der Waals surface area contributed by atoms with Crippen LogP contribution in [0.2, 0.25) is 0 Å². The molecule has 2 heterocycles. The number of hydrogen-bond acceptors (Lipinski definition) is 5. The summed E-state index contributed by atoms with van der Waals surface area (Å²) in [4.78, 5) is 18.4. The lowest BCUT2D eigenvalue weighted by molar-refractivity contribution is -0.142. The van der Waals surface area contributed by atoms with Gasteiger partial charge in [0.05, 0.1) is 13.0 Å². The van der Waals surface area contributed by atoms with Crippen LogP contribution in [0.5, 0.6) is 0 Å². The molecule has 1 saturated heterocycles. The summed E-state index contributed by atoms with van der Waals surface area (Å²) in [5.74, 6) is 0.783. The van der Waals surface area contributed by atoms with Crippen LogP contribution < -0.4 is 4.90 Å². The summed E-state index contributed by atoms with van der Waals surface area (Å²) in [5.41, 5.74) is 3.06. The Bertz CT molecular complexity index is 762. The molecule has 1 unspecified atom stereocenters. The highest BCUT2D eigenvalue weighted by Gasteiger charge is 2.60. The van der Waals surface area contributed by atoms with Crippen molar-refractivity contribution < 1.29 is 13.9 Å². The summed E-state index contributed by atoms with van der Waals surface area (Å²) in [5, 5.41) is 0. The number of nitrogens with zero attached hydrogens (tertiary/aromatic N) is 2. The van der Waals surface area contributed by atoms with Gasteiger partial charge in [0.25, 0.3) is 6.01 Å². The molecule has 1 saturated carbocycles. The number of carbonyl (C=O) groups excluding carboxylic acids is 1. The molecule has 1 aliphatic carbocycles. The molecule has 1 aromatic heterocycles. The Morgan fingerprint density at radius 1 is 1.30 bits per heavy atom. The Kier molecular flexibility index (Phi) is 2.99. The molecule has 2 aromatic rings. The van der Waals surface area contributed by atoms with Crippen molar-refractivity contribution in [2.75, 3.05) is 25.1 Å². The van der Waals surface area contributed by atoms with E-state index in [1.165, 1.54) is 12.7 Å². The van der Waals surface area contributed by atoms with Gasteiger partial charge in [-0.2, -0.15) is 4.98 Å². The quantitative estimate of drug-likeness (QED) is 0.798. The smallest absolute Gasteiger partial charge is 0.309 e. The van der Waals surface area contributed by atoms with Crippen molar-refractivity contribution in [2.24, 2.45) is 17.8 Å². The average Bonchev–Trinajstić information content (AvgIpc) is 2.90. The highest BCUT2D eigenvalue weighted by molar-refractivity contribution is 5.78. The first-order valence-corrected chi connectivity index (χ1v) is 8.12. The number of carbonyl (C=O) groups is 1. The number of rotatable bonds is 2. The molecular weight excluding hydrogens is 292 g/mol. The summed E-state index contributed by atoms with van der Waals surface area (Å²) in [6.45, 7) is 8.22. The van der Waals surface area contributed by atoms with Crippen molar-refractivity contribution in [2.45, 2.75) is 26.2 Å². The molecule has 4 rings (SSSR count). The van der Waals surface area contributed by atoms with Crippen LogP contribution in [0.1, 0.15) is 26.3 Å². The van der Waals surface area contributed by atoms with Gasteiger partial charge in [0.15, 0.2) is 5.58 Å². The van der Waals surface area contributed by atoms with E-state index < -0.39 is 0 Å². The molecule has 0 bridgehead atoms. The van der Waals surface area contributed by atoms with Crippen LogP contribution in [0.15, 0.2) is 22.6 Å². The second-order valence-corrected chi connectivity index (χ2v) is 7.71. The predicted molar refractivity (Wildman–Crippen MR) is 87.4 cm³/mol. The number of anilines is 1. The fraction of sp³-hybridized carbons (Fsp3) is 0.556. The van der Waals surface area contributed by atoms with E-state index in [-0.39, 0.29) is 17.3 Å². The summed E-state index contributed by atoms with van der Waals surface area (Å²) < 4.78 is 10.8. The highest BCUT2D eigenvalue weighted by Crippen LogP contribution is 2.53. The molecule has 0 N–H and O–H groups in total. The maximum Gasteiger partial charge on any atom is 0.309 e. The van der Waals surface area contributed by atoms with Crippen LogP contribution in [-0.2, 0) is 14.9 Å². The average molecular weight is 314 g/mol. The molecule has 122 valence electrons. The van der Waals surface area contributed by atoms with Gasteiger partial charge < -0.3 is 14.1 Å². The van der Waals surface area contributed by atoms with E-state index in [1.54, 1.807) is 0 Å². The van der Waals surface area contributed by atoms with Gasteiger partial charge in [-0.1, -0.05) is 26.8 Å². The molecular formula is C18H22N2O3. The first-order chi connectivity index (χ1) is 10.9. The fourth-order valence-electron chi connectivity index (χ4n) is 3.69. The van der Waals surface area contributed by atoms with Crippen LogP contribution in [0.3, 0.4) is 0 Å². The molecule has 1 aliphatic heterocycles. The molecule has 0 amide bonds. The maximum absolute atomic E-state index is 11.6. The lowest BCUT2D eigenvalue weighted by Crippen LogP contribution is -2.26. The molecule has 0 radical (unpaired) electrons. The number of aromatic nitrogens is 1. The third kappa shape index (κ3) is 2.30. The van der Waals surface area contributed by atoms with Gasteiger partial charge in [0.1, 0.15) is 5.52 Å². The minimum absolute atomic E-state index is 0.0768. The van der Waals surface area contributed by atoms with E-state index in [4.69, 9.17) is 9.15 Å². The lowest BCUT2D eigenvalue weighted by Gasteiger charge is -2.18. The van der Waals surface area contributed by atoms with Crippen LogP contribution in [-0.4, -0.2) is 31.2 Å². The Morgan fingerprint density at radius 2 is 2.00 bits per heavy atom. The van der Waals surface area contributed by atoms with Gasteiger partial charge in [-0.05, 0) is 34.9 Å². The zero-order valence-corrected chi connectivity index (χ0v) is 14.0. The Balaban J connectivity index is 1.54. The molecule has 5 nitrogen and oxygen atoms in total. The molecule has 0 spiro atoms. The van der Waals surface area contributed by atoms with Crippen molar-refractivity contribution in [1.29, 1.82) is 0 Å². The van der Waals surface area contributed by atoms with Crippen molar-refractivity contribution in [3.8, 4) is 0 Å². The van der Waals surface area contributed by atoms with Gasteiger partial charge in [-0.25, -0.2) is 0 Å².